The molecule has 0 amide bonds. The Hall–Kier alpha value is -3.76. The highest BCUT2D eigenvalue weighted by Crippen LogP contribution is 2.30. The largest absolute Gasteiger partial charge is 0.493 e. The van der Waals surface area contributed by atoms with Gasteiger partial charge in [0.25, 0.3) is 0 Å². The molecule has 2 aliphatic heterocycles. The smallest absolute Gasteiger partial charge is 0.334 e. The van der Waals surface area contributed by atoms with Crippen molar-refractivity contribution in [2.45, 2.75) is 31.8 Å². The number of benzene rings is 2. The van der Waals surface area contributed by atoms with E-state index in [1.54, 1.807) is 36.4 Å². The van der Waals surface area contributed by atoms with Gasteiger partial charge >= 0.3 is 11.9 Å². The molecule has 10 nitrogen and oxygen atoms in total. The van der Waals surface area contributed by atoms with Crippen LogP contribution in [0.4, 0.5) is 0 Å². The third-order valence-electron chi connectivity index (χ3n) is 5.53. The SMILES string of the molecule is C=C(CC(=O)OCc1ccc(OCC2CO2)c(OC)c1)C(=O)OCc1ccc(OCC2CO2)c(OC)c1. The molecule has 2 heterocycles. The Bertz CT molecular complexity index is 1120. The lowest BCUT2D eigenvalue weighted by Gasteiger charge is -2.13. The van der Waals surface area contributed by atoms with Crippen molar-refractivity contribution < 1.29 is 47.5 Å². The van der Waals surface area contributed by atoms with Gasteiger partial charge in [0.05, 0.1) is 33.9 Å². The van der Waals surface area contributed by atoms with Crippen molar-refractivity contribution in [3.8, 4) is 23.0 Å². The molecule has 2 fully saturated rings. The lowest BCUT2D eigenvalue weighted by Crippen LogP contribution is -2.13. The van der Waals surface area contributed by atoms with Crippen molar-refractivity contribution in [1.29, 1.82) is 0 Å². The van der Waals surface area contributed by atoms with Gasteiger partial charge in [-0.25, -0.2) is 4.79 Å². The number of esters is 2. The van der Waals surface area contributed by atoms with Crippen LogP contribution in [0.15, 0.2) is 48.6 Å². The van der Waals surface area contributed by atoms with E-state index in [-0.39, 0.29) is 37.4 Å². The van der Waals surface area contributed by atoms with Crippen LogP contribution < -0.4 is 18.9 Å². The fraction of sp³-hybridized carbons (Fsp3) is 0.407. The second-order valence-electron chi connectivity index (χ2n) is 8.52. The lowest BCUT2D eigenvalue weighted by molar-refractivity contribution is -0.147. The quantitative estimate of drug-likeness (QED) is 0.200. The van der Waals surface area contributed by atoms with Gasteiger partial charge in [0.15, 0.2) is 23.0 Å². The van der Waals surface area contributed by atoms with E-state index in [1.807, 2.05) is 0 Å². The van der Waals surface area contributed by atoms with Gasteiger partial charge in [-0.1, -0.05) is 18.7 Å². The van der Waals surface area contributed by atoms with Gasteiger partial charge < -0.3 is 37.9 Å². The highest BCUT2D eigenvalue weighted by atomic mass is 16.6. The zero-order valence-electron chi connectivity index (χ0n) is 20.9. The minimum atomic E-state index is -0.690. The van der Waals surface area contributed by atoms with Gasteiger partial charge in [-0.2, -0.15) is 0 Å². The third kappa shape index (κ3) is 8.12. The van der Waals surface area contributed by atoms with Crippen molar-refractivity contribution in [3.05, 3.63) is 59.7 Å². The maximum Gasteiger partial charge on any atom is 0.334 e. The zero-order chi connectivity index (χ0) is 26.2. The Morgan fingerprint density at radius 3 is 1.76 bits per heavy atom. The van der Waals surface area contributed by atoms with E-state index in [1.165, 1.54) is 14.2 Å². The normalized spacial score (nSPS) is 17.4. The zero-order valence-corrected chi connectivity index (χ0v) is 20.9. The molecule has 2 aromatic rings. The Morgan fingerprint density at radius 2 is 1.30 bits per heavy atom. The van der Waals surface area contributed by atoms with Gasteiger partial charge in [0.1, 0.15) is 38.6 Å². The Kier molecular flexibility index (Phi) is 8.86. The van der Waals surface area contributed by atoms with E-state index < -0.39 is 11.9 Å². The number of hydrogen-bond acceptors (Lipinski definition) is 10. The molecule has 2 unspecified atom stereocenters. The molecular formula is C27H30O10. The average Bonchev–Trinajstić information content (AvgIpc) is 3.84. The highest BCUT2D eigenvalue weighted by Gasteiger charge is 2.24. The van der Waals surface area contributed by atoms with Crippen molar-refractivity contribution in [3.63, 3.8) is 0 Å². The Balaban J connectivity index is 1.20. The first-order chi connectivity index (χ1) is 17.9. The van der Waals surface area contributed by atoms with Crippen LogP contribution in [0.25, 0.3) is 0 Å². The summed E-state index contributed by atoms with van der Waals surface area (Å²) >= 11 is 0. The van der Waals surface area contributed by atoms with Crippen LogP contribution in [0.5, 0.6) is 23.0 Å². The number of carbonyl (C=O) groups excluding carboxylic acids is 2. The minimum Gasteiger partial charge on any atom is -0.493 e. The number of epoxide rings is 2. The molecular weight excluding hydrogens is 484 g/mol. The van der Waals surface area contributed by atoms with Gasteiger partial charge in [0.2, 0.25) is 0 Å². The molecule has 2 saturated heterocycles. The molecule has 0 N–H and O–H groups in total. The summed E-state index contributed by atoms with van der Waals surface area (Å²) in [6, 6.07) is 10.5. The van der Waals surface area contributed by atoms with Crippen LogP contribution in [0.1, 0.15) is 17.5 Å². The molecule has 0 saturated carbocycles. The van der Waals surface area contributed by atoms with Crippen molar-refractivity contribution in [2.75, 3.05) is 40.6 Å². The second-order valence-corrected chi connectivity index (χ2v) is 8.52. The fourth-order valence-electron chi connectivity index (χ4n) is 3.25. The van der Waals surface area contributed by atoms with Crippen LogP contribution in [-0.4, -0.2) is 64.8 Å². The summed E-state index contributed by atoms with van der Waals surface area (Å²) in [4.78, 5) is 24.6. The van der Waals surface area contributed by atoms with Gasteiger partial charge in [-0.3, -0.25) is 4.79 Å². The number of ether oxygens (including phenoxy) is 8. The standard InChI is InChI=1S/C27H30O10/c1-17(27(29)37-12-19-5-7-23(25(10-19)31-3)35-16-21-14-33-21)8-26(28)36-11-18-4-6-22(24(9-18)30-2)34-15-20-13-32-20/h4-7,9-10,20-21H,1,8,11-16H2,2-3H3. The van der Waals surface area contributed by atoms with E-state index in [4.69, 9.17) is 37.9 Å². The Labute approximate surface area is 214 Å². The molecule has 10 heteroatoms. The molecule has 198 valence electrons. The number of carbonyl (C=O) groups is 2. The molecule has 37 heavy (non-hydrogen) atoms. The van der Waals surface area contributed by atoms with Gasteiger partial charge in [-0.15, -0.1) is 0 Å². The van der Waals surface area contributed by atoms with Crippen LogP contribution in [-0.2, 0) is 41.8 Å². The topological polar surface area (TPSA) is 115 Å². The fourth-order valence-corrected chi connectivity index (χ4v) is 3.25. The van der Waals surface area contributed by atoms with E-state index >= 15 is 0 Å². The molecule has 0 aliphatic carbocycles. The lowest BCUT2D eigenvalue weighted by atomic mass is 10.2. The minimum absolute atomic E-state index is 0.00459. The summed E-state index contributed by atoms with van der Waals surface area (Å²) in [6.45, 7) is 5.94. The maximum absolute atomic E-state index is 12.3. The van der Waals surface area contributed by atoms with E-state index in [9.17, 15) is 9.59 Å². The third-order valence-corrected chi connectivity index (χ3v) is 5.53. The molecule has 2 aromatic carbocycles. The molecule has 2 atom stereocenters. The van der Waals surface area contributed by atoms with Crippen molar-refractivity contribution in [2.24, 2.45) is 0 Å². The van der Waals surface area contributed by atoms with Crippen molar-refractivity contribution >= 4 is 11.9 Å². The van der Waals surface area contributed by atoms with Gasteiger partial charge in [-0.05, 0) is 35.4 Å². The van der Waals surface area contributed by atoms with Crippen LogP contribution in [0.3, 0.4) is 0 Å². The van der Waals surface area contributed by atoms with Crippen LogP contribution in [0, 0.1) is 0 Å². The first-order valence-electron chi connectivity index (χ1n) is 11.8. The summed E-state index contributed by atoms with van der Waals surface area (Å²) < 4.78 is 42.9. The van der Waals surface area contributed by atoms with Crippen LogP contribution in [0.2, 0.25) is 0 Å². The maximum atomic E-state index is 12.3. The predicted octanol–water partition coefficient (Wildman–Crippen LogP) is 2.99. The summed E-state index contributed by atoms with van der Waals surface area (Å²) in [5, 5.41) is 0. The van der Waals surface area contributed by atoms with Crippen molar-refractivity contribution in [1.82, 2.24) is 0 Å². The van der Waals surface area contributed by atoms with Gasteiger partial charge in [0, 0.05) is 5.57 Å². The first-order valence-corrected chi connectivity index (χ1v) is 11.8. The molecule has 0 spiro atoms. The van der Waals surface area contributed by atoms with E-state index in [2.05, 4.69) is 6.58 Å². The highest BCUT2D eigenvalue weighted by molar-refractivity contribution is 5.93. The average molecular weight is 515 g/mol. The van der Waals surface area contributed by atoms with Crippen LogP contribution >= 0.6 is 0 Å². The number of rotatable bonds is 15. The summed E-state index contributed by atoms with van der Waals surface area (Å²) in [6.07, 6.45) is -0.0445. The number of methoxy groups -OCH3 is 2. The van der Waals surface area contributed by atoms with E-state index in [0.717, 1.165) is 0 Å². The van der Waals surface area contributed by atoms with E-state index in [0.29, 0.717) is 60.6 Å². The summed E-state index contributed by atoms with van der Waals surface area (Å²) in [5.74, 6) is 0.907. The summed E-state index contributed by atoms with van der Waals surface area (Å²) in [7, 11) is 3.06. The number of hydrogen-bond donors (Lipinski definition) is 0. The monoisotopic (exact) mass is 514 g/mol. The Morgan fingerprint density at radius 1 is 0.811 bits per heavy atom. The first kappa shape index (κ1) is 26.3. The molecule has 2 aliphatic rings. The molecule has 0 aromatic heterocycles. The molecule has 0 radical (unpaired) electrons. The molecule has 0 bridgehead atoms. The predicted molar refractivity (Wildman–Crippen MR) is 130 cm³/mol. The second kappa shape index (κ2) is 12.5. The molecule has 4 rings (SSSR count). The summed E-state index contributed by atoms with van der Waals surface area (Å²) in [5.41, 5.74) is 1.39.